The van der Waals surface area contributed by atoms with Crippen LogP contribution in [0.5, 0.6) is 0 Å². The van der Waals surface area contributed by atoms with Crippen LogP contribution in [0.15, 0.2) is 36.4 Å². The van der Waals surface area contributed by atoms with Crippen molar-refractivity contribution in [1.29, 1.82) is 0 Å². The number of nitrogens with two attached hydrogens (primary N) is 1. The van der Waals surface area contributed by atoms with Crippen molar-refractivity contribution in [2.24, 2.45) is 5.73 Å². The van der Waals surface area contributed by atoms with E-state index in [4.69, 9.17) is 5.73 Å². The second-order valence-electron chi connectivity index (χ2n) is 4.21. The number of rotatable bonds is 3. The minimum atomic E-state index is 0.555. The standard InChI is InChI=1S/C14H17NS/c1-10(2)12-5-3-4-6-13(12)14-8-7-11(9-15)16-14/h3-8,10H,9,15H2,1-2H3. The molecule has 0 radical (unpaired) electrons. The fraction of sp³-hybridized carbons (Fsp3) is 0.286. The van der Waals surface area contributed by atoms with Gasteiger partial charge in [0.25, 0.3) is 0 Å². The minimum absolute atomic E-state index is 0.555. The highest BCUT2D eigenvalue weighted by Gasteiger charge is 2.09. The molecule has 0 fully saturated rings. The Morgan fingerprint density at radius 3 is 2.50 bits per heavy atom. The Labute approximate surface area is 101 Å². The molecule has 2 N–H and O–H groups in total. The average Bonchev–Trinajstić information content (AvgIpc) is 2.77. The highest BCUT2D eigenvalue weighted by atomic mass is 32.1. The highest BCUT2D eigenvalue weighted by Crippen LogP contribution is 2.33. The van der Waals surface area contributed by atoms with Gasteiger partial charge in [-0.15, -0.1) is 11.3 Å². The zero-order valence-electron chi connectivity index (χ0n) is 9.73. The minimum Gasteiger partial charge on any atom is -0.326 e. The third kappa shape index (κ3) is 2.18. The number of hydrogen-bond acceptors (Lipinski definition) is 2. The van der Waals surface area contributed by atoms with Crippen LogP contribution in [0.3, 0.4) is 0 Å². The van der Waals surface area contributed by atoms with E-state index in [2.05, 4.69) is 50.2 Å². The molecule has 0 unspecified atom stereocenters. The quantitative estimate of drug-likeness (QED) is 0.849. The van der Waals surface area contributed by atoms with E-state index in [9.17, 15) is 0 Å². The molecule has 16 heavy (non-hydrogen) atoms. The van der Waals surface area contributed by atoms with Crippen molar-refractivity contribution < 1.29 is 0 Å². The Morgan fingerprint density at radius 2 is 1.88 bits per heavy atom. The fourth-order valence-corrected chi connectivity index (χ4v) is 2.79. The van der Waals surface area contributed by atoms with E-state index >= 15 is 0 Å². The summed E-state index contributed by atoms with van der Waals surface area (Å²) >= 11 is 1.79. The second kappa shape index (κ2) is 4.81. The summed E-state index contributed by atoms with van der Waals surface area (Å²) in [5.41, 5.74) is 8.41. The van der Waals surface area contributed by atoms with Crippen molar-refractivity contribution in [3.05, 3.63) is 46.8 Å². The lowest BCUT2D eigenvalue weighted by molar-refractivity contribution is 0.869. The largest absolute Gasteiger partial charge is 0.326 e. The molecule has 0 atom stereocenters. The van der Waals surface area contributed by atoms with Crippen molar-refractivity contribution >= 4 is 11.3 Å². The maximum absolute atomic E-state index is 5.65. The SMILES string of the molecule is CC(C)c1ccccc1-c1ccc(CN)s1. The molecule has 0 aliphatic rings. The van der Waals surface area contributed by atoms with Gasteiger partial charge in [-0.05, 0) is 29.2 Å². The number of thiophene rings is 1. The molecule has 1 aromatic carbocycles. The maximum Gasteiger partial charge on any atom is 0.0349 e. The summed E-state index contributed by atoms with van der Waals surface area (Å²) in [7, 11) is 0. The van der Waals surface area contributed by atoms with Gasteiger partial charge in [-0.1, -0.05) is 38.1 Å². The first kappa shape index (κ1) is 11.4. The van der Waals surface area contributed by atoms with Gasteiger partial charge in [0.15, 0.2) is 0 Å². The maximum atomic E-state index is 5.65. The molecular formula is C14H17NS. The van der Waals surface area contributed by atoms with E-state index in [0.717, 1.165) is 0 Å². The normalized spacial score (nSPS) is 11.0. The third-order valence-corrected chi connectivity index (χ3v) is 3.85. The van der Waals surface area contributed by atoms with Crippen LogP contribution in [-0.4, -0.2) is 0 Å². The first-order valence-electron chi connectivity index (χ1n) is 5.60. The van der Waals surface area contributed by atoms with Gasteiger partial charge in [0.1, 0.15) is 0 Å². The lowest BCUT2D eigenvalue weighted by atomic mass is 9.96. The molecular weight excluding hydrogens is 214 g/mol. The van der Waals surface area contributed by atoms with Gasteiger partial charge in [-0.2, -0.15) is 0 Å². The van der Waals surface area contributed by atoms with Crippen LogP contribution in [0.2, 0.25) is 0 Å². The summed E-state index contributed by atoms with van der Waals surface area (Å²) in [6, 6.07) is 12.9. The van der Waals surface area contributed by atoms with Crippen LogP contribution in [0.25, 0.3) is 10.4 Å². The smallest absolute Gasteiger partial charge is 0.0349 e. The lowest BCUT2D eigenvalue weighted by Crippen LogP contribution is -1.91. The van der Waals surface area contributed by atoms with Gasteiger partial charge in [-0.3, -0.25) is 0 Å². The van der Waals surface area contributed by atoms with Gasteiger partial charge >= 0.3 is 0 Å². The molecule has 1 heterocycles. The summed E-state index contributed by atoms with van der Waals surface area (Å²) in [6.07, 6.45) is 0. The number of hydrogen-bond donors (Lipinski definition) is 1. The Balaban J connectivity index is 2.46. The molecule has 1 aromatic heterocycles. The molecule has 0 saturated heterocycles. The predicted octanol–water partition coefficient (Wildman–Crippen LogP) is 4.00. The Morgan fingerprint density at radius 1 is 1.12 bits per heavy atom. The molecule has 2 rings (SSSR count). The van der Waals surface area contributed by atoms with Gasteiger partial charge in [0, 0.05) is 16.3 Å². The molecule has 0 saturated carbocycles. The van der Waals surface area contributed by atoms with Crippen molar-refractivity contribution in [1.82, 2.24) is 0 Å². The van der Waals surface area contributed by atoms with Crippen molar-refractivity contribution in [3.63, 3.8) is 0 Å². The van der Waals surface area contributed by atoms with Crippen LogP contribution in [0.4, 0.5) is 0 Å². The topological polar surface area (TPSA) is 26.0 Å². The van der Waals surface area contributed by atoms with Gasteiger partial charge in [0.05, 0.1) is 0 Å². The Bertz CT molecular complexity index is 471. The van der Waals surface area contributed by atoms with E-state index in [1.807, 2.05) is 0 Å². The summed E-state index contributed by atoms with van der Waals surface area (Å²) in [4.78, 5) is 2.57. The van der Waals surface area contributed by atoms with Crippen molar-refractivity contribution in [3.8, 4) is 10.4 Å². The van der Waals surface area contributed by atoms with Crippen molar-refractivity contribution in [2.45, 2.75) is 26.3 Å². The van der Waals surface area contributed by atoms with Crippen LogP contribution >= 0.6 is 11.3 Å². The summed E-state index contributed by atoms with van der Waals surface area (Å²) in [5.74, 6) is 0.555. The van der Waals surface area contributed by atoms with E-state index in [-0.39, 0.29) is 0 Å². The Hall–Kier alpha value is -1.12. The Kier molecular flexibility index (Phi) is 3.42. The van der Waals surface area contributed by atoms with E-state index in [0.29, 0.717) is 12.5 Å². The van der Waals surface area contributed by atoms with E-state index < -0.39 is 0 Å². The molecule has 2 heteroatoms. The third-order valence-electron chi connectivity index (χ3n) is 2.71. The zero-order chi connectivity index (χ0) is 11.5. The van der Waals surface area contributed by atoms with Gasteiger partial charge in [-0.25, -0.2) is 0 Å². The lowest BCUT2D eigenvalue weighted by Gasteiger charge is -2.10. The van der Waals surface area contributed by atoms with Crippen molar-refractivity contribution in [2.75, 3.05) is 0 Å². The van der Waals surface area contributed by atoms with Crippen LogP contribution in [0, 0.1) is 0 Å². The fourth-order valence-electron chi connectivity index (χ4n) is 1.86. The molecule has 0 bridgehead atoms. The van der Waals surface area contributed by atoms with E-state index in [1.54, 1.807) is 11.3 Å². The molecule has 1 nitrogen and oxygen atoms in total. The zero-order valence-corrected chi connectivity index (χ0v) is 10.6. The molecule has 0 amide bonds. The van der Waals surface area contributed by atoms with Crippen LogP contribution in [-0.2, 0) is 6.54 Å². The molecule has 0 spiro atoms. The number of benzene rings is 1. The van der Waals surface area contributed by atoms with Gasteiger partial charge < -0.3 is 5.73 Å². The van der Waals surface area contributed by atoms with Crippen LogP contribution < -0.4 is 5.73 Å². The first-order chi connectivity index (χ1) is 7.72. The monoisotopic (exact) mass is 231 g/mol. The summed E-state index contributed by atoms with van der Waals surface area (Å²) in [6.45, 7) is 5.10. The van der Waals surface area contributed by atoms with Gasteiger partial charge in [0.2, 0.25) is 0 Å². The average molecular weight is 231 g/mol. The summed E-state index contributed by atoms with van der Waals surface area (Å²) < 4.78 is 0. The molecule has 2 aromatic rings. The highest BCUT2D eigenvalue weighted by molar-refractivity contribution is 7.15. The first-order valence-corrected chi connectivity index (χ1v) is 6.42. The molecule has 0 aliphatic heterocycles. The molecule has 84 valence electrons. The second-order valence-corrected chi connectivity index (χ2v) is 5.38. The molecule has 0 aliphatic carbocycles. The predicted molar refractivity (Wildman–Crippen MR) is 71.7 cm³/mol. The van der Waals surface area contributed by atoms with Crippen LogP contribution in [0.1, 0.15) is 30.2 Å². The summed E-state index contributed by atoms with van der Waals surface area (Å²) in [5, 5.41) is 0. The van der Waals surface area contributed by atoms with E-state index in [1.165, 1.54) is 20.9 Å².